The van der Waals surface area contributed by atoms with Gasteiger partial charge < -0.3 is 9.47 Å². The molecular weight excluding hydrogens is 684 g/mol. The van der Waals surface area contributed by atoms with E-state index in [1.165, 1.54) is 0 Å². The van der Waals surface area contributed by atoms with E-state index in [2.05, 4.69) is 65.9 Å². The van der Waals surface area contributed by atoms with Crippen LogP contribution in [0.25, 0.3) is 0 Å². The van der Waals surface area contributed by atoms with Crippen molar-refractivity contribution in [3.8, 4) is 0 Å². The lowest BCUT2D eigenvalue weighted by Gasteiger charge is -2.38. The highest BCUT2D eigenvalue weighted by atomic mass is 79.9. The van der Waals surface area contributed by atoms with Crippen molar-refractivity contribution in [2.24, 2.45) is 0 Å². The van der Waals surface area contributed by atoms with Crippen LogP contribution in [0.5, 0.6) is 0 Å². The molecule has 44 heavy (non-hydrogen) atoms. The smallest absolute Gasteiger partial charge is 0.338 e. The summed E-state index contributed by atoms with van der Waals surface area (Å²) in [5, 5.41) is 0. The van der Waals surface area contributed by atoms with Crippen molar-refractivity contribution in [3.63, 3.8) is 0 Å². The molecule has 228 valence electrons. The second kappa shape index (κ2) is 16.1. The molecule has 0 N–H and O–H groups in total. The molecule has 2 atom stereocenters. The Labute approximate surface area is 276 Å². The summed E-state index contributed by atoms with van der Waals surface area (Å²) in [6, 6.07) is 35.0. The molecule has 8 heteroatoms. The first-order valence-electron chi connectivity index (χ1n) is 14.9. The lowest BCUT2D eigenvalue weighted by Crippen LogP contribution is -2.42. The largest absolute Gasteiger partial charge is 0.460 e. The highest BCUT2D eigenvalue weighted by Gasteiger charge is 2.28. The van der Waals surface area contributed by atoms with Gasteiger partial charge in [0.1, 0.15) is 13.2 Å². The van der Waals surface area contributed by atoms with Crippen molar-refractivity contribution in [3.05, 3.63) is 140 Å². The Morgan fingerprint density at radius 2 is 0.886 bits per heavy atom. The Hall–Kier alpha value is -3.30. The summed E-state index contributed by atoms with van der Waals surface area (Å²) in [6.45, 7) is 3.97. The number of hydrogen-bond donors (Lipinski definition) is 0. The SMILES string of the molecule is O=C(OC[C@H](c1ccccc1)N1CCCN([C@H](COC(=O)c2ccc(Br)cc2)c2ccccc2)CCC1)c1ccc(Br)cc1. The van der Waals surface area contributed by atoms with Crippen LogP contribution in [0, 0.1) is 0 Å². The van der Waals surface area contributed by atoms with Gasteiger partial charge >= 0.3 is 11.9 Å². The molecule has 0 saturated carbocycles. The van der Waals surface area contributed by atoms with E-state index in [9.17, 15) is 9.59 Å². The first-order chi connectivity index (χ1) is 21.5. The Morgan fingerprint density at radius 1 is 0.545 bits per heavy atom. The summed E-state index contributed by atoms with van der Waals surface area (Å²) in [7, 11) is 0. The fourth-order valence-corrected chi connectivity index (χ4v) is 6.15. The predicted octanol–water partition coefficient (Wildman–Crippen LogP) is 8.11. The topological polar surface area (TPSA) is 59.1 Å². The minimum absolute atomic E-state index is 0.0427. The third-order valence-electron chi connectivity index (χ3n) is 7.94. The third kappa shape index (κ3) is 8.88. The summed E-state index contributed by atoms with van der Waals surface area (Å²) in [5.41, 5.74) is 3.35. The van der Waals surface area contributed by atoms with Crippen LogP contribution in [0.3, 0.4) is 0 Å². The average molecular weight is 721 g/mol. The monoisotopic (exact) mass is 718 g/mol. The number of ether oxygens (including phenoxy) is 2. The number of carbonyl (C=O) groups is 2. The summed E-state index contributed by atoms with van der Waals surface area (Å²) >= 11 is 6.84. The van der Waals surface area contributed by atoms with E-state index in [1.54, 1.807) is 24.3 Å². The van der Waals surface area contributed by atoms with Crippen molar-refractivity contribution >= 4 is 43.8 Å². The van der Waals surface area contributed by atoms with Crippen LogP contribution in [0.2, 0.25) is 0 Å². The minimum atomic E-state index is -0.319. The Morgan fingerprint density at radius 3 is 1.23 bits per heavy atom. The van der Waals surface area contributed by atoms with E-state index in [0.29, 0.717) is 11.1 Å². The summed E-state index contributed by atoms with van der Waals surface area (Å²) in [6.07, 6.45) is 1.85. The molecule has 0 aliphatic carbocycles. The molecule has 0 unspecified atom stereocenters. The van der Waals surface area contributed by atoms with Gasteiger partial charge in [-0.1, -0.05) is 92.5 Å². The van der Waals surface area contributed by atoms with Gasteiger partial charge in [-0.25, -0.2) is 9.59 Å². The molecule has 0 amide bonds. The van der Waals surface area contributed by atoms with Gasteiger partial charge in [0.2, 0.25) is 0 Å². The molecule has 1 fully saturated rings. The molecule has 0 aromatic heterocycles. The number of benzene rings is 4. The zero-order valence-electron chi connectivity index (χ0n) is 24.5. The molecule has 6 nitrogen and oxygen atoms in total. The van der Waals surface area contributed by atoms with E-state index in [0.717, 1.165) is 59.1 Å². The third-order valence-corrected chi connectivity index (χ3v) is 8.99. The lowest BCUT2D eigenvalue weighted by molar-refractivity contribution is 0.0238. The van der Waals surface area contributed by atoms with Crippen LogP contribution in [0.15, 0.2) is 118 Å². The summed E-state index contributed by atoms with van der Waals surface area (Å²) in [4.78, 5) is 30.6. The minimum Gasteiger partial charge on any atom is -0.460 e. The number of esters is 2. The number of hydrogen-bond acceptors (Lipinski definition) is 6. The predicted molar refractivity (Wildman–Crippen MR) is 180 cm³/mol. The lowest BCUT2D eigenvalue weighted by atomic mass is 10.0. The van der Waals surface area contributed by atoms with Gasteiger partial charge in [0.15, 0.2) is 0 Å². The Kier molecular flexibility index (Phi) is 11.8. The average Bonchev–Trinajstić information content (AvgIpc) is 3.04. The molecule has 0 spiro atoms. The standard InChI is InChI=1S/C36H36Br2N2O4/c37-31-17-13-29(14-18-31)35(41)43-25-33(27-9-3-1-4-10-27)39-21-7-23-40(24-8-22-39)34(28-11-5-2-6-12-28)26-44-36(42)30-15-19-32(38)20-16-30/h1-6,9-20,33-34H,7-8,21-26H2/t33-,34-/m1/s1. The summed E-state index contributed by atoms with van der Waals surface area (Å²) in [5.74, 6) is -0.639. The molecule has 0 radical (unpaired) electrons. The maximum absolute atomic E-state index is 12.9. The maximum Gasteiger partial charge on any atom is 0.338 e. The molecule has 5 rings (SSSR count). The second-order valence-electron chi connectivity index (χ2n) is 10.8. The maximum atomic E-state index is 12.9. The quantitative estimate of drug-likeness (QED) is 0.155. The second-order valence-corrected chi connectivity index (χ2v) is 12.7. The molecule has 1 heterocycles. The van der Waals surface area contributed by atoms with E-state index in [1.807, 2.05) is 60.7 Å². The van der Waals surface area contributed by atoms with Gasteiger partial charge in [0.25, 0.3) is 0 Å². The van der Waals surface area contributed by atoms with Gasteiger partial charge in [0, 0.05) is 35.1 Å². The molecular formula is C36H36Br2N2O4. The van der Waals surface area contributed by atoms with Gasteiger partial charge in [-0.05, 0) is 72.5 Å². The zero-order chi connectivity index (χ0) is 30.7. The van der Waals surface area contributed by atoms with Crippen molar-refractivity contribution in [2.75, 3.05) is 39.4 Å². The fraction of sp³-hybridized carbons (Fsp3) is 0.278. The van der Waals surface area contributed by atoms with Gasteiger partial charge in [-0.2, -0.15) is 0 Å². The van der Waals surface area contributed by atoms with E-state index >= 15 is 0 Å². The highest BCUT2D eigenvalue weighted by Crippen LogP contribution is 2.27. The van der Waals surface area contributed by atoms with Crippen LogP contribution in [-0.2, 0) is 9.47 Å². The van der Waals surface area contributed by atoms with Crippen LogP contribution in [-0.4, -0.2) is 61.1 Å². The number of nitrogens with zero attached hydrogens (tertiary/aromatic N) is 2. The molecule has 1 aliphatic rings. The molecule has 4 aromatic rings. The molecule has 4 aromatic carbocycles. The Balaban J connectivity index is 1.24. The van der Waals surface area contributed by atoms with E-state index in [-0.39, 0.29) is 37.2 Å². The number of halogens is 2. The molecule has 1 aliphatic heterocycles. The molecule has 0 bridgehead atoms. The zero-order valence-corrected chi connectivity index (χ0v) is 27.7. The van der Waals surface area contributed by atoms with Crippen molar-refractivity contribution in [1.29, 1.82) is 0 Å². The number of rotatable bonds is 10. The van der Waals surface area contributed by atoms with Crippen LogP contribution >= 0.6 is 31.9 Å². The van der Waals surface area contributed by atoms with Crippen LogP contribution in [0.1, 0.15) is 56.8 Å². The number of carbonyl (C=O) groups excluding carboxylic acids is 2. The highest BCUT2D eigenvalue weighted by molar-refractivity contribution is 9.10. The normalized spacial score (nSPS) is 15.9. The van der Waals surface area contributed by atoms with Gasteiger partial charge in [0.05, 0.1) is 23.2 Å². The summed E-state index contributed by atoms with van der Waals surface area (Å²) < 4.78 is 13.6. The van der Waals surface area contributed by atoms with Crippen molar-refractivity contribution < 1.29 is 19.1 Å². The first-order valence-corrected chi connectivity index (χ1v) is 16.5. The van der Waals surface area contributed by atoms with E-state index in [4.69, 9.17) is 9.47 Å². The molecule has 1 saturated heterocycles. The Bertz CT molecular complexity index is 1360. The van der Waals surface area contributed by atoms with E-state index < -0.39 is 0 Å². The van der Waals surface area contributed by atoms with Crippen molar-refractivity contribution in [1.82, 2.24) is 9.80 Å². The van der Waals surface area contributed by atoms with Crippen LogP contribution < -0.4 is 0 Å². The van der Waals surface area contributed by atoms with Gasteiger partial charge in [-0.15, -0.1) is 0 Å². The first kappa shape index (κ1) is 32.1. The van der Waals surface area contributed by atoms with Crippen LogP contribution in [0.4, 0.5) is 0 Å². The fourth-order valence-electron chi connectivity index (χ4n) is 5.62. The van der Waals surface area contributed by atoms with Gasteiger partial charge in [-0.3, -0.25) is 9.80 Å². The van der Waals surface area contributed by atoms with Crippen molar-refractivity contribution in [2.45, 2.75) is 24.9 Å².